The monoisotopic (exact) mass is 388 g/mol. The number of hydrogen-bond donors (Lipinski definition) is 1. The van der Waals surface area contributed by atoms with Gasteiger partial charge in [-0.1, -0.05) is 47.5 Å². The lowest BCUT2D eigenvalue weighted by Crippen LogP contribution is -2.25. The minimum Gasteiger partial charge on any atom is -0.385 e. The van der Waals surface area contributed by atoms with Crippen LogP contribution in [-0.4, -0.2) is 31.2 Å². The van der Waals surface area contributed by atoms with Crippen molar-refractivity contribution in [1.29, 1.82) is 0 Å². The van der Waals surface area contributed by atoms with E-state index < -0.39 is 0 Å². The van der Waals surface area contributed by atoms with Crippen LogP contribution in [0, 0.1) is 0 Å². The number of pyridine rings is 1. The fourth-order valence-corrected chi connectivity index (χ4v) is 2.98. The van der Waals surface area contributed by atoms with Crippen molar-refractivity contribution < 1.29 is 9.53 Å². The molecule has 3 aromatic rings. The van der Waals surface area contributed by atoms with Gasteiger partial charge in [-0.15, -0.1) is 0 Å². The smallest absolute Gasteiger partial charge is 0.252 e. The highest BCUT2D eigenvalue weighted by Crippen LogP contribution is 2.30. The summed E-state index contributed by atoms with van der Waals surface area (Å²) in [6.45, 7) is 1.15. The summed E-state index contributed by atoms with van der Waals surface area (Å²) in [7, 11) is 1.64. The average molecular weight is 389 g/mol. The van der Waals surface area contributed by atoms with Crippen molar-refractivity contribution in [2.75, 3.05) is 20.3 Å². The summed E-state index contributed by atoms with van der Waals surface area (Å²) >= 11 is 12.1. The van der Waals surface area contributed by atoms with Gasteiger partial charge in [0.1, 0.15) is 0 Å². The Bertz CT molecular complexity index is 944. The zero-order chi connectivity index (χ0) is 18.5. The van der Waals surface area contributed by atoms with E-state index in [1.165, 1.54) is 0 Å². The second-order valence-electron chi connectivity index (χ2n) is 5.80. The number of methoxy groups -OCH3 is 1. The summed E-state index contributed by atoms with van der Waals surface area (Å²) in [6.07, 6.45) is 0.755. The maximum absolute atomic E-state index is 12.7. The van der Waals surface area contributed by atoms with Gasteiger partial charge >= 0.3 is 0 Å². The molecule has 1 amide bonds. The van der Waals surface area contributed by atoms with E-state index in [4.69, 9.17) is 27.9 Å². The highest BCUT2D eigenvalue weighted by molar-refractivity contribution is 6.42. The van der Waals surface area contributed by atoms with Crippen molar-refractivity contribution in [2.45, 2.75) is 6.42 Å². The molecule has 134 valence electrons. The third kappa shape index (κ3) is 4.15. The molecule has 1 aromatic heterocycles. The van der Waals surface area contributed by atoms with Gasteiger partial charge in [0.15, 0.2) is 0 Å². The SMILES string of the molecule is COCCCNC(=O)c1cc(-c2ccc(Cl)c(Cl)c2)nc2ccccc12. The van der Waals surface area contributed by atoms with Crippen molar-refractivity contribution in [2.24, 2.45) is 0 Å². The maximum atomic E-state index is 12.7. The fraction of sp³-hybridized carbons (Fsp3) is 0.200. The first-order chi connectivity index (χ1) is 12.6. The number of aromatic nitrogens is 1. The van der Waals surface area contributed by atoms with E-state index in [0.29, 0.717) is 34.5 Å². The van der Waals surface area contributed by atoms with Gasteiger partial charge in [0.2, 0.25) is 0 Å². The summed E-state index contributed by atoms with van der Waals surface area (Å²) < 4.78 is 5.01. The molecule has 0 radical (unpaired) electrons. The minimum atomic E-state index is -0.138. The van der Waals surface area contributed by atoms with Crippen LogP contribution in [0.2, 0.25) is 10.0 Å². The Hall–Kier alpha value is -2.14. The molecule has 0 bridgehead atoms. The van der Waals surface area contributed by atoms with E-state index in [0.717, 1.165) is 22.9 Å². The Kier molecular flexibility index (Phi) is 6.09. The topological polar surface area (TPSA) is 51.2 Å². The molecule has 0 spiro atoms. The molecule has 26 heavy (non-hydrogen) atoms. The minimum absolute atomic E-state index is 0.138. The molecular formula is C20H18Cl2N2O2. The number of amides is 1. The first-order valence-electron chi connectivity index (χ1n) is 8.22. The number of nitrogens with one attached hydrogen (secondary N) is 1. The predicted octanol–water partition coefficient (Wildman–Crippen LogP) is 4.97. The lowest BCUT2D eigenvalue weighted by molar-refractivity contribution is 0.0950. The van der Waals surface area contributed by atoms with E-state index >= 15 is 0 Å². The number of hydrogen-bond acceptors (Lipinski definition) is 3. The normalized spacial score (nSPS) is 10.9. The molecule has 0 aliphatic rings. The van der Waals surface area contributed by atoms with Crippen LogP contribution in [0.25, 0.3) is 22.2 Å². The van der Waals surface area contributed by atoms with Crippen LogP contribution in [-0.2, 0) is 4.74 Å². The van der Waals surface area contributed by atoms with E-state index in [9.17, 15) is 4.79 Å². The quantitative estimate of drug-likeness (QED) is 0.606. The molecule has 0 atom stereocenters. The van der Waals surface area contributed by atoms with Gasteiger partial charge in [0.25, 0.3) is 5.91 Å². The van der Waals surface area contributed by atoms with Gasteiger partial charge in [-0.3, -0.25) is 4.79 Å². The summed E-state index contributed by atoms with van der Waals surface area (Å²) in [6, 6.07) is 14.7. The van der Waals surface area contributed by atoms with Crippen LogP contribution in [0.3, 0.4) is 0 Å². The van der Waals surface area contributed by atoms with Crippen molar-refractivity contribution in [1.82, 2.24) is 10.3 Å². The van der Waals surface area contributed by atoms with Gasteiger partial charge in [0.05, 0.1) is 26.8 Å². The average Bonchev–Trinajstić information content (AvgIpc) is 2.66. The summed E-state index contributed by atoms with van der Waals surface area (Å²) in [5.41, 5.74) is 2.80. The first-order valence-corrected chi connectivity index (χ1v) is 8.98. The number of carbonyl (C=O) groups is 1. The standard InChI is InChI=1S/C20H18Cl2N2O2/c1-26-10-4-9-23-20(25)15-12-19(13-7-8-16(21)17(22)11-13)24-18-6-3-2-5-14(15)18/h2-3,5-8,11-12H,4,9-10H2,1H3,(H,23,25). The number of halogens is 2. The van der Waals surface area contributed by atoms with Gasteiger partial charge in [0, 0.05) is 31.2 Å². The first kappa shape index (κ1) is 18.6. The lowest BCUT2D eigenvalue weighted by Gasteiger charge is -2.11. The number of fused-ring (bicyclic) bond motifs is 1. The molecule has 2 aromatic carbocycles. The van der Waals surface area contributed by atoms with Crippen LogP contribution in [0.1, 0.15) is 16.8 Å². The molecule has 3 rings (SSSR count). The Balaban J connectivity index is 2.01. The third-order valence-corrected chi connectivity index (χ3v) is 4.73. The third-order valence-electron chi connectivity index (χ3n) is 3.99. The molecule has 0 unspecified atom stereocenters. The van der Waals surface area contributed by atoms with E-state index in [-0.39, 0.29) is 5.91 Å². The van der Waals surface area contributed by atoms with Gasteiger partial charge < -0.3 is 10.1 Å². The molecule has 0 saturated carbocycles. The highest BCUT2D eigenvalue weighted by atomic mass is 35.5. The van der Waals surface area contributed by atoms with Crippen LogP contribution >= 0.6 is 23.2 Å². The molecule has 0 aliphatic carbocycles. The summed E-state index contributed by atoms with van der Waals surface area (Å²) in [5, 5.41) is 4.67. The number of benzene rings is 2. The van der Waals surface area contributed by atoms with Crippen molar-refractivity contribution in [3.8, 4) is 11.3 Å². The molecule has 1 heterocycles. The van der Waals surface area contributed by atoms with Crippen LogP contribution in [0.15, 0.2) is 48.5 Å². The van der Waals surface area contributed by atoms with E-state index in [1.54, 1.807) is 25.3 Å². The molecule has 6 heteroatoms. The van der Waals surface area contributed by atoms with Crippen molar-refractivity contribution in [3.63, 3.8) is 0 Å². The molecule has 0 aliphatic heterocycles. The molecule has 0 fully saturated rings. The van der Waals surface area contributed by atoms with E-state index in [2.05, 4.69) is 10.3 Å². The van der Waals surface area contributed by atoms with Gasteiger partial charge in [-0.05, 0) is 30.7 Å². The zero-order valence-electron chi connectivity index (χ0n) is 14.3. The Morgan fingerprint density at radius 2 is 1.92 bits per heavy atom. The van der Waals surface area contributed by atoms with Crippen LogP contribution in [0.5, 0.6) is 0 Å². The number of carbonyl (C=O) groups excluding carboxylic acids is 1. The van der Waals surface area contributed by atoms with Crippen molar-refractivity contribution in [3.05, 3.63) is 64.1 Å². The second-order valence-corrected chi connectivity index (χ2v) is 6.62. The Morgan fingerprint density at radius 1 is 1.12 bits per heavy atom. The zero-order valence-corrected chi connectivity index (χ0v) is 15.8. The van der Waals surface area contributed by atoms with Gasteiger partial charge in [-0.25, -0.2) is 4.98 Å². The Morgan fingerprint density at radius 3 is 2.69 bits per heavy atom. The van der Waals surface area contributed by atoms with Crippen LogP contribution < -0.4 is 5.32 Å². The summed E-state index contributed by atoms with van der Waals surface area (Å²) in [4.78, 5) is 17.4. The lowest BCUT2D eigenvalue weighted by atomic mass is 10.0. The number of rotatable bonds is 6. The fourth-order valence-electron chi connectivity index (χ4n) is 2.68. The molecule has 0 saturated heterocycles. The largest absolute Gasteiger partial charge is 0.385 e. The maximum Gasteiger partial charge on any atom is 0.252 e. The molecular weight excluding hydrogens is 371 g/mol. The molecule has 1 N–H and O–H groups in total. The predicted molar refractivity (Wildman–Crippen MR) is 106 cm³/mol. The number of nitrogens with zero attached hydrogens (tertiary/aromatic N) is 1. The molecule has 4 nitrogen and oxygen atoms in total. The Labute approximate surface area is 162 Å². The number of para-hydroxylation sites is 1. The summed E-state index contributed by atoms with van der Waals surface area (Å²) in [5.74, 6) is -0.138. The van der Waals surface area contributed by atoms with Crippen LogP contribution in [0.4, 0.5) is 0 Å². The number of ether oxygens (including phenoxy) is 1. The highest BCUT2D eigenvalue weighted by Gasteiger charge is 2.14. The second kappa shape index (κ2) is 8.49. The van der Waals surface area contributed by atoms with Crippen molar-refractivity contribution >= 4 is 40.0 Å². The van der Waals surface area contributed by atoms with Gasteiger partial charge in [-0.2, -0.15) is 0 Å². The van der Waals surface area contributed by atoms with E-state index in [1.807, 2.05) is 30.3 Å².